The second-order valence-electron chi connectivity index (χ2n) is 5.55. The molecule has 0 radical (unpaired) electrons. The first-order chi connectivity index (χ1) is 12.1. The Hall–Kier alpha value is -3.54. The summed E-state index contributed by atoms with van der Waals surface area (Å²) in [6.45, 7) is 0. The molecular weight excluding hydrogens is 323 g/mol. The second-order valence-corrected chi connectivity index (χ2v) is 5.55. The summed E-state index contributed by atoms with van der Waals surface area (Å²) in [5.41, 5.74) is 0.675. The quantitative estimate of drug-likeness (QED) is 0.542. The fourth-order valence-corrected chi connectivity index (χ4v) is 2.92. The van der Waals surface area contributed by atoms with Crippen molar-refractivity contribution in [2.24, 2.45) is 0 Å². The van der Waals surface area contributed by atoms with Crippen molar-refractivity contribution >= 4 is 27.6 Å². The molecule has 0 saturated heterocycles. The summed E-state index contributed by atoms with van der Waals surface area (Å²) in [7, 11) is 0. The van der Waals surface area contributed by atoms with Gasteiger partial charge in [0.2, 0.25) is 0 Å². The lowest BCUT2D eigenvalue weighted by Gasteiger charge is -2.12. The molecule has 122 valence electrons. The maximum Gasteiger partial charge on any atom is 0.335 e. The minimum Gasteiger partial charge on any atom is -0.507 e. The minimum absolute atomic E-state index is 0.0265. The van der Waals surface area contributed by atoms with Gasteiger partial charge < -0.3 is 10.2 Å². The number of pyridine rings is 2. The van der Waals surface area contributed by atoms with Gasteiger partial charge in [0.1, 0.15) is 11.6 Å². The minimum atomic E-state index is -1.08. The molecule has 5 nitrogen and oxygen atoms in total. The summed E-state index contributed by atoms with van der Waals surface area (Å²) in [4.78, 5) is 19.8. The zero-order valence-corrected chi connectivity index (χ0v) is 12.8. The molecule has 2 aromatic heterocycles. The number of halogens is 1. The Morgan fingerprint density at radius 2 is 1.88 bits per heavy atom. The van der Waals surface area contributed by atoms with Gasteiger partial charge in [-0.05, 0) is 30.3 Å². The summed E-state index contributed by atoms with van der Waals surface area (Å²) in [5.74, 6) is -1.93. The van der Waals surface area contributed by atoms with E-state index in [0.717, 1.165) is 0 Å². The number of aromatic hydroxyl groups is 1. The number of carbonyl (C=O) groups is 1. The lowest BCUT2D eigenvalue weighted by atomic mass is 10.00. The molecule has 0 spiro atoms. The molecule has 0 atom stereocenters. The molecule has 6 heteroatoms. The number of fused-ring (bicyclic) bond motifs is 3. The van der Waals surface area contributed by atoms with Gasteiger partial charge in [-0.15, -0.1) is 0 Å². The maximum atomic E-state index is 14.4. The van der Waals surface area contributed by atoms with Crippen LogP contribution in [0.3, 0.4) is 0 Å². The highest BCUT2D eigenvalue weighted by molar-refractivity contribution is 6.11. The maximum absolute atomic E-state index is 14.4. The van der Waals surface area contributed by atoms with Crippen molar-refractivity contribution in [3.63, 3.8) is 0 Å². The smallest absolute Gasteiger partial charge is 0.335 e. The van der Waals surface area contributed by atoms with E-state index in [1.807, 2.05) is 0 Å². The fraction of sp³-hybridized carbons (Fsp3) is 0. The molecule has 25 heavy (non-hydrogen) atoms. The number of aromatic carboxylic acids is 1. The summed E-state index contributed by atoms with van der Waals surface area (Å²) in [5, 5.41) is 21.3. The number of carboxylic acids is 1. The Balaban J connectivity index is 2.17. The van der Waals surface area contributed by atoms with Crippen molar-refractivity contribution < 1.29 is 19.4 Å². The van der Waals surface area contributed by atoms with Crippen LogP contribution in [0.4, 0.5) is 4.39 Å². The van der Waals surface area contributed by atoms with Crippen LogP contribution in [0.15, 0.2) is 54.9 Å². The Labute approximate surface area is 141 Å². The van der Waals surface area contributed by atoms with E-state index in [1.54, 1.807) is 24.5 Å². The van der Waals surface area contributed by atoms with Crippen LogP contribution >= 0.6 is 0 Å². The van der Waals surface area contributed by atoms with E-state index in [0.29, 0.717) is 21.7 Å². The number of benzene rings is 2. The highest BCUT2D eigenvalue weighted by Crippen LogP contribution is 2.37. The number of phenols is 1. The third-order valence-electron chi connectivity index (χ3n) is 4.07. The SMILES string of the molecule is O=C(O)c1ccc2c(c1)nc(-c1c(O)cccc1F)c1ccncc12. The van der Waals surface area contributed by atoms with Gasteiger partial charge in [-0.2, -0.15) is 0 Å². The van der Waals surface area contributed by atoms with Crippen LogP contribution in [0.2, 0.25) is 0 Å². The van der Waals surface area contributed by atoms with E-state index < -0.39 is 11.8 Å². The zero-order chi connectivity index (χ0) is 17.6. The molecule has 0 fully saturated rings. The highest BCUT2D eigenvalue weighted by Gasteiger charge is 2.17. The molecule has 0 amide bonds. The second kappa shape index (κ2) is 5.52. The predicted octanol–water partition coefficient (Wildman–Crippen LogP) is 3.99. The first kappa shape index (κ1) is 15.0. The molecule has 0 aliphatic heterocycles. The predicted molar refractivity (Wildman–Crippen MR) is 91.1 cm³/mol. The summed E-state index contributed by atoms with van der Waals surface area (Å²) < 4.78 is 14.4. The molecule has 4 aromatic rings. The molecule has 0 aliphatic carbocycles. The lowest BCUT2D eigenvalue weighted by Crippen LogP contribution is -1.98. The normalized spacial score (nSPS) is 11.1. The molecule has 0 saturated carbocycles. The van der Waals surface area contributed by atoms with Gasteiger partial charge >= 0.3 is 5.97 Å². The number of phenolic OH excluding ortho intramolecular Hbond substituents is 1. The fourth-order valence-electron chi connectivity index (χ4n) is 2.92. The van der Waals surface area contributed by atoms with Gasteiger partial charge in [-0.1, -0.05) is 12.1 Å². The van der Waals surface area contributed by atoms with E-state index >= 15 is 0 Å². The Kier molecular flexibility index (Phi) is 3.32. The van der Waals surface area contributed by atoms with Gasteiger partial charge in [-0.25, -0.2) is 14.2 Å². The number of hydrogen-bond acceptors (Lipinski definition) is 4. The number of nitrogens with zero attached hydrogens (tertiary/aromatic N) is 2. The molecular formula is C19H11FN2O3. The van der Waals surface area contributed by atoms with Crippen molar-refractivity contribution in [1.82, 2.24) is 9.97 Å². The summed E-state index contributed by atoms with van der Waals surface area (Å²) in [6.07, 6.45) is 3.17. The lowest BCUT2D eigenvalue weighted by molar-refractivity contribution is 0.0697. The largest absolute Gasteiger partial charge is 0.507 e. The molecule has 2 N–H and O–H groups in total. The van der Waals surface area contributed by atoms with Crippen LogP contribution in [-0.4, -0.2) is 26.2 Å². The molecule has 2 heterocycles. The van der Waals surface area contributed by atoms with Crippen LogP contribution in [-0.2, 0) is 0 Å². The molecule has 2 aromatic carbocycles. The van der Waals surface area contributed by atoms with Gasteiger partial charge in [0, 0.05) is 28.6 Å². The number of carboxylic acid groups (broad SMARTS) is 1. The Bertz CT molecular complexity index is 1140. The third kappa shape index (κ3) is 2.35. The third-order valence-corrected chi connectivity index (χ3v) is 4.07. The van der Waals surface area contributed by atoms with Crippen LogP contribution in [0.5, 0.6) is 5.75 Å². The Morgan fingerprint density at radius 1 is 1.04 bits per heavy atom. The van der Waals surface area contributed by atoms with E-state index in [-0.39, 0.29) is 22.6 Å². The first-order valence-electron chi connectivity index (χ1n) is 7.45. The highest BCUT2D eigenvalue weighted by atomic mass is 19.1. The zero-order valence-electron chi connectivity index (χ0n) is 12.8. The van der Waals surface area contributed by atoms with Crippen molar-refractivity contribution in [1.29, 1.82) is 0 Å². The average molecular weight is 334 g/mol. The van der Waals surface area contributed by atoms with Crippen molar-refractivity contribution in [2.75, 3.05) is 0 Å². The standard InChI is InChI=1S/C19H11FN2O3/c20-14-2-1-3-16(23)17(14)18-12-6-7-21-9-13(12)11-5-4-10(19(24)25)8-15(11)22-18/h1-9,23H,(H,24,25). The summed E-state index contributed by atoms with van der Waals surface area (Å²) in [6, 6.07) is 10.3. The van der Waals surface area contributed by atoms with E-state index in [9.17, 15) is 19.4 Å². The Morgan fingerprint density at radius 3 is 2.64 bits per heavy atom. The van der Waals surface area contributed by atoms with Crippen LogP contribution < -0.4 is 0 Å². The molecule has 0 unspecified atom stereocenters. The van der Waals surface area contributed by atoms with Gasteiger partial charge in [0.05, 0.1) is 22.3 Å². The molecule has 0 bridgehead atoms. The van der Waals surface area contributed by atoms with E-state index in [4.69, 9.17) is 0 Å². The molecule has 0 aliphatic rings. The van der Waals surface area contributed by atoms with Gasteiger partial charge in [0.25, 0.3) is 0 Å². The number of aromatic nitrogens is 2. The average Bonchev–Trinajstić information content (AvgIpc) is 2.61. The van der Waals surface area contributed by atoms with Crippen LogP contribution in [0.25, 0.3) is 32.9 Å². The van der Waals surface area contributed by atoms with Crippen molar-refractivity contribution in [3.05, 3.63) is 66.2 Å². The van der Waals surface area contributed by atoms with Crippen molar-refractivity contribution in [2.45, 2.75) is 0 Å². The first-order valence-corrected chi connectivity index (χ1v) is 7.45. The van der Waals surface area contributed by atoms with E-state index in [2.05, 4.69) is 9.97 Å². The molecule has 4 rings (SSSR count). The van der Waals surface area contributed by atoms with Crippen molar-refractivity contribution in [3.8, 4) is 17.0 Å². The topological polar surface area (TPSA) is 83.3 Å². The monoisotopic (exact) mass is 334 g/mol. The number of hydrogen-bond donors (Lipinski definition) is 2. The van der Waals surface area contributed by atoms with Gasteiger partial charge in [-0.3, -0.25) is 4.98 Å². The van der Waals surface area contributed by atoms with E-state index in [1.165, 1.54) is 30.3 Å². The van der Waals surface area contributed by atoms with Gasteiger partial charge in [0.15, 0.2) is 0 Å². The van der Waals surface area contributed by atoms with Crippen LogP contribution in [0, 0.1) is 5.82 Å². The van der Waals surface area contributed by atoms with Crippen LogP contribution in [0.1, 0.15) is 10.4 Å². The summed E-state index contributed by atoms with van der Waals surface area (Å²) >= 11 is 0. The number of rotatable bonds is 2.